The molecule has 0 spiro atoms. The number of rotatable bonds is 4. The number of carboxylic acids is 1. The highest BCUT2D eigenvalue weighted by molar-refractivity contribution is 5.94. The van der Waals surface area contributed by atoms with Crippen LogP contribution in [0.1, 0.15) is 10.4 Å². The van der Waals surface area contributed by atoms with Gasteiger partial charge in [0.2, 0.25) is 0 Å². The van der Waals surface area contributed by atoms with E-state index in [9.17, 15) is 20.0 Å². The molecule has 0 fully saturated rings. The van der Waals surface area contributed by atoms with Gasteiger partial charge in [-0.2, -0.15) is 0 Å². The van der Waals surface area contributed by atoms with E-state index in [-0.39, 0.29) is 16.9 Å². The fraction of sp³-hybridized carbons (Fsp3) is 0. The van der Waals surface area contributed by atoms with Gasteiger partial charge in [0, 0.05) is 23.4 Å². The molecule has 2 aromatic carbocycles. The summed E-state index contributed by atoms with van der Waals surface area (Å²) in [7, 11) is 0. The van der Waals surface area contributed by atoms with Crippen molar-refractivity contribution in [2.75, 3.05) is 5.32 Å². The first-order valence-electron chi connectivity index (χ1n) is 5.40. The molecule has 1 N–H and O–H groups in total. The van der Waals surface area contributed by atoms with Crippen molar-refractivity contribution < 1.29 is 14.8 Å². The van der Waals surface area contributed by atoms with Crippen molar-refractivity contribution in [3.8, 4) is 0 Å². The van der Waals surface area contributed by atoms with Crippen LogP contribution in [0.5, 0.6) is 0 Å². The second kappa shape index (κ2) is 5.18. The number of aromatic carboxylic acids is 1. The van der Waals surface area contributed by atoms with Crippen molar-refractivity contribution in [2.24, 2.45) is 0 Å². The Morgan fingerprint density at radius 1 is 1.11 bits per heavy atom. The average molecular weight is 257 g/mol. The number of nitrogens with one attached hydrogen (secondary N) is 1. The van der Waals surface area contributed by atoms with Gasteiger partial charge in [-0.05, 0) is 18.2 Å². The van der Waals surface area contributed by atoms with Crippen molar-refractivity contribution in [3.63, 3.8) is 0 Å². The highest BCUT2D eigenvalue weighted by Gasteiger charge is 2.11. The monoisotopic (exact) mass is 257 g/mol. The summed E-state index contributed by atoms with van der Waals surface area (Å²) in [5, 5.41) is 24.5. The van der Waals surface area contributed by atoms with Gasteiger partial charge in [0.25, 0.3) is 5.69 Å². The van der Waals surface area contributed by atoms with Crippen LogP contribution in [0.4, 0.5) is 17.1 Å². The highest BCUT2D eigenvalue weighted by atomic mass is 16.6. The molecule has 0 atom stereocenters. The normalized spacial score (nSPS) is 9.89. The van der Waals surface area contributed by atoms with Crippen molar-refractivity contribution in [3.05, 3.63) is 64.2 Å². The number of hydrogen-bond donors (Lipinski definition) is 1. The van der Waals surface area contributed by atoms with Crippen LogP contribution >= 0.6 is 0 Å². The molecule has 0 bridgehead atoms. The van der Waals surface area contributed by atoms with Gasteiger partial charge < -0.3 is 15.2 Å². The van der Waals surface area contributed by atoms with Crippen LogP contribution in [0, 0.1) is 10.1 Å². The lowest BCUT2D eigenvalue weighted by Gasteiger charge is -2.12. The number of carbonyl (C=O) groups is 1. The van der Waals surface area contributed by atoms with Gasteiger partial charge in [-0.1, -0.05) is 18.2 Å². The summed E-state index contributed by atoms with van der Waals surface area (Å²) >= 11 is 0. The molecule has 96 valence electrons. The van der Waals surface area contributed by atoms with E-state index in [1.165, 1.54) is 0 Å². The minimum absolute atomic E-state index is 0.125. The van der Waals surface area contributed by atoms with Gasteiger partial charge >= 0.3 is 0 Å². The molecular formula is C13H9N2O4-. The molecule has 2 rings (SSSR count). The Labute approximate surface area is 108 Å². The lowest BCUT2D eigenvalue weighted by Crippen LogP contribution is -2.23. The molecule has 2 aromatic rings. The molecule has 6 heteroatoms. The zero-order valence-corrected chi connectivity index (χ0v) is 9.70. The smallest absolute Gasteiger partial charge is 0.271 e. The van der Waals surface area contributed by atoms with E-state index in [1.807, 2.05) is 0 Å². The topological polar surface area (TPSA) is 95.3 Å². The van der Waals surface area contributed by atoms with Crippen LogP contribution < -0.4 is 10.4 Å². The Kier molecular flexibility index (Phi) is 3.42. The third-order valence-corrected chi connectivity index (χ3v) is 2.49. The summed E-state index contributed by atoms with van der Waals surface area (Å²) in [6.07, 6.45) is 0. The van der Waals surface area contributed by atoms with Crippen molar-refractivity contribution in [2.45, 2.75) is 0 Å². The van der Waals surface area contributed by atoms with E-state index in [2.05, 4.69) is 5.32 Å². The van der Waals surface area contributed by atoms with Crippen molar-refractivity contribution >= 4 is 23.0 Å². The summed E-state index contributed by atoms with van der Waals surface area (Å²) in [5.41, 5.74) is 0.434. The molecule has 0 aliphatic heterocycles. The van der Waals surface area contributed by atoms with E-state index >= 15 is 0 Å². The minimum atomic E-state index is -1.40. The van der Waals surface area contributed by atoms with Crippen LogP contribution in [0.2, 0.25) is 0 Å². The van der Waals surface area contributed by atoms with Gasteiger partial charge in [0.1, 0.15) is 0 Å². The zero-order chi connectivity index (χ0) is 13.8. The van der Waals surface area contributed by atoms with Gasteiger partial charge in [-0.15, -0.1) is 0 Å². The molecule has 0 saturated carbocycles. The van der Waals surface area contributed by atoms with Gasteiger partial charge in [0.15, 0.2) is 0 Å². The Balaban J connectivity index is 2.43. The first-order chi connectivity index (χ1) is 9.08. The van der Waals surface area contributed by atoms with E-state index in [0.717, 1.165) is 18.2 Å². The third-order valence-electron chi connectivity index (χ3n) is 2.49. The predicted molar refractivity (Wildman–Crippen MR) is 67.2 cm³/mol. The number of hydrogen-bond acceptors (Lipinski definition) is 5. The maximum absolute atomic E-state index is 11.0. The molecular weight excluding hydrogens is 248 g/mol. The van der Waals surface area contributed by atoms with Gasteiger partial charge in [-0.25, -0.2) is 0 Å². The molecule has 0 aliphatic carbocycles. The number of carboxylic acid groups (broad SMARTS) is 1. The number of nitro benzene ring substituents is 1. The first-order valence-corrected chi connectivity index (χ1v) is 5.40. The molecule has 0 aliphatic rings. The number of benzene rings is 2. The zero-order valence-electron chi connectivity index (χ0n) is 9.70. The van der Waals surface area contributed by atoms with Gasteiger partial charge in [0.05, 0.1) is 16.6 Å². The number of nitro groups is 1. The molecule has 0 saturated heterocycles. The summed E-state index contributed by atoms with van der Waals surface area (Å²) in [5.74, 6) is -1.40. The number of non-ortho nitro benzene ring substituents is 1. The Hall–Kier alpha value is -2.89. The fourth-order valence-electron chi connectivity index (χ4n) is 1.60. The Morgan fingerprint density at radius 2 is 1.79 bits per heavy atom. The number of nitrogens with zero attached hydrogens (tertiary/aromatic N) is 1. The van der Waals surface area contributed by atoms with E-state index in [1.54, 1.807) is 30.3 Å². The van der Waals surface area contributed by atoms with Crippen LogP contribution in [0.25, 0.3) is 0 Å². The molecule has 0 unspecified atom stereocenters. The van der Waals surface area contributed by atoms with E-state index < -0.39 is 10.9 Å². The maximum atomic E-state index is 11.0. The molecule has 6 nitrogen and oxygen atoms in total. The van der Waals surface area contributed by atoms with E-state index in [4.69, 9.17) is 0 Å². The average Bonchev–Trinajstić information content (AvgIpc) is 2.39. The highest BCUT2D eigenvalue weighted by Crippen LogP contribution is 2.25. The van der Waals surface area contributed by atoms with Crippen molar-refractivity contribution in [1.29, 1.82) is 0 Å². The van der Waals surface area contributed by atoms with Gasteiger partial charge in [-0.3, -0.25) is 10.1 Å². The summed E-state index contributed by atoms with van der Waals surface area (Å²) < 4.78 is 0. The number of carbonyl (C=O) groups excluding carboxylic acids is 1. The fourth-order valence-corrected chi connectivity index (χ4v) is 1.60. The Bertz CT molecular complexity index is 626. The van der Waals surface area contributed by atoms with E-state index in [0.29, 0.717) is 5.69 Å². The molecule has 0 amide bonds. The lowest BCUT2D eigenvalue weighted by molar-refractivity contribution is -0.384. The quantitative estimate of drug-likeness (QED) is 0.664. The number of anilines is 2. The molecule has 0 aromatic heterocycles. The van der Waals surface area contributed by atoms with Crippen LogP contribution in [-0.2, 0) is 0 Å². The predicted octanol–water partition coefficient (Wildman–Crippen LogP) is 1.70. The largest absolute Gasteiger partial charge is 0.545 e. The minimum Gasteiger partial charge on any atom is -0.545 e. The summed E-state index contributed by atoms with van der Waals surface area (Å²) in [6, 6.07) is 12.2. The Morgan fingerprint density at radius 3 is 2.37 bits per heavy atom. The maximum Gasteiger partial charge on any atom is 0.271 e. The second-order valence-corrected chi connectivity index (χ2v) is 3.77. The first kappa shape index (κ1) is 12.6. The van der Waals surface area contributed by atoms with Crippen LogP contribution in [-0.4, -0.2) is 10.9 Å². The number of para-hydroxylation sites is 1. The SMILES string of the molecule is O=C([O-])c1ccc([N+](=O)[O-])cc1Nc1ccccc1. The standard InChI is InChI=1S/C13H10N2O4/c16-13(17)11-7-6-10(15(18)19)8-12(11)14-9-4-2-1-3-5-9/h1-8,14H,(H,16,17)/p-1. The molecule has 19 heavy (non-hydrogen) atoms. The third kappa shape index (κ3) is 2.86. The summed E-state index contributed by atoms with van der Waals surface area (Å²) in [6.45, 7) is 0. The van der Waals surface area contributed by atoms with Crippen LogP contribution in [0.15, 0.2) is 48.5 Å². The lowest BCUT2D eigenvalue weighted by atomic mass is 10.1. The van der Waals surface area contributed by atoms with Crippen molar-refractivity contribution in [1.82, 2.24) is 0 Å². The second-order valence-electron chi connectivity index (χ2n) is 3.77. The summed E-state index contributed by atoms with van der Waals surface area (Å²) in [4.78, 5) is 21.1. The van der Waals surface area contributed by atoms with Crippen LogP contribution in [0.3, 0.4) is 0 Å². The molecule has 0 heterocycles. The molecule has 0 radical (unpaired) electrons.